The average molecular weight is 297 g/mol. The third-order valence-corrected chi connectivity index (χ3v) is 4.32. The standard InChI is InChI=1S/C14H21ClN4O/c1-4-18-13-12(10(2)17-18)16-11(5-7-15)19(13)14(3)6-8-20-9-14/h4-9H2,1-3H3. The average Bonchev–Trinajstić information content (AvgIpc) is 3.07. The van der Waals surface area contributed by atoms with Crippen molar-refractivity contribution in [2.75, 3.05) is 19.1 Å². The summed E-state index contributed by atoms with van der Waals surface area (Å²) in [6, 6.07) is 0. The van der Waals surface area contributed by atoms with Crippen molar-refractivity contribution >= 4 is 22.8 Å². The third kappa shape index (κ3) is 1.95. The van der Waals surface area contributed by atoms with Crippen LogP contribution >= 0.6 is 11.6 Å². The largest absolute Gasteiger partial charge is 0.379 e. The van der Waals surface area contributed by atoms with E-state index in [0.717, 1.165) is 55.3 Å². The van der Waals surface area contributed by atoms with Gasteiger partial charge in [-0.05, 0) is 27.2 Å². The number of ether oxygens (including phenoxy) is 1. The summed E-state index contributed by atoms with van der Waals surface area (Å²) in [5.41, 5.74) is 3.05. The summed E-state index contributed by atoms with van der Waals surface area (Å²) in [6.07, 6.45) is 1.77. The molecule has 0 radical (unpaired) electrons. The number of hydrogen-bond donors (Lipinski definition) is 0. The number of imidazole rings is 1. The number of aryl methyl sites for hydroxylation is 3. The molecule has 3 heterocycles. The van der Waals surface area contributed by atoms with Crippen molar-refractivity contribution in [3.8, 4) is 0 Å². The van der Waals surface area contributed by atoms with Gasteiger partial charge < -0.3 is 9.30 Å². The van der Waals surface area contributed by atoms with Crippen LogP contribution in [0.1, 0.15) is 31.8 Å². The van der Waals surface area contributed by atoms with Gasteiger partial charge >= 0.3 is 0 Å². The molecule has 0 bridgehead atoms. The van der Waals surface area contributed by atoms with Gasteiger partial charge in [0.05, 0.1) is 17.8 Å². The van der Waals surface area contributed by atoms with E-state index in [0.29, 0.717) is 5.88 Å². The van der Waals surface area contributed by atoms with Gasteiger partial charge in [-0.15, -0.1) is 11.6 Å². The van der Waals surface area contributed by atoms with Crippen LogP contribution in [-0.4, -0.2) is 38.4 Å². The fourth-order valence-electron chi connectivity index (χ4n) is 3.09. The molecule has 1 fully saturated rings. The van der Waals surface area contributed by atoms with E-state index in [1.165, 1.54) is 0 Å². The second-order valence-corrected chi connectivity index (χ2v) is 6.05. The zero-order valence-electron chi connectivity index (χ0n) is 12.3. The number of halogens is 1. The first-order valence-corrected chi connectivity index (χ1v) is 7.73. The molecule has 0 spiro atoms. The topological polar surface area (TPSA) is 44.9 Å². The summed E-state index contributed by atoms with van der Waals surface area (Å²) in [7, 11) is 0. The van der Waals surface area contributed by atoms with Crippen molar-refractivity contribution in [1.82, 2.24) is 19.3 Å². The highest BCUT2D eigenvalue weighted by atomic mass is 35.5. The first-order chi connectivity index (χ1) is 9.60. The quantitative estimate of drug-likeness (QED) is 0.814. The van der Waals surface area contributed by atoms with E-state index in [1.807, 2.05) is 11.6 Å². The molecule has 1 aliphatic heterocycles. The molecule has 6 heteroatoms. The second-order valence-electron chi connectivity index (χ2n) is 5.68. The van der Waals surface area contributed by atoms with E-state index in [2.05, 4.69) is 23.5 Å². The Balaban J connectivity index is 2.27. The molecule has 5 nitrogen and oxygen atoms in total. The molecule has 0 aliphatic carbocycles. The molecular formula is C14H21ClN4O. The summed E-state index contributed by atoms with van der Waals surface area (Å²) in [5.74, 6) is 1.63. The van der Waals surface area contributed by atoms with Crippen LogP contribution in [0.2, 0.25) is 0 Å². The Hall–Kier alpha value is -1.07. The number of alkyl halides is 1. The van der Waals surface area contributed by atoms with E-state index in [4.69, 9.17) is 21.3 Å². The lowest BCUT2D eigenvalue weighted by molar-refractivity contribution is 0.161. The lowest BCUT2D eigenvalue weighted by Gasteiger charge is -2.27. The van der Waals surface area contributed by atoms with Crippen LogP contribution in [0, 0.1) is 6.92 Å². The predicted molar refractivity (Wildman–Crippen MR) is 79.4 cm³/mol. The highest BCUT2D eigenvalue weighted by Crippen LogP contribution is 2.33. The van der Waals surface area contributed by atoms with Crippen molar-refractivity contribution in [2.24, 2.45) is 0 Å². The van der Waals surface area contributed by atoms with Crippen LogP contribution in [0.3, 0.4) is 0 Å². The van der Waals surface area contributed by atoms with Crippen molar-refractivity contribution in [3.05, 3.63) is 11.5 Å². The first kappa shape index (κ1) is 13.9. The third-order valence-electron chi connectivity index (χ3n) is 4.14. The summed E-state index contributed by atoms with van der Waals surface area (Å²) < 4.78 is 10.00. The smallest absolute Gasteiger partial charge is 0.159 e. The monoisotopic (exact) mass is 296 g/mol. The van der Waals surface area contributed by atoms with Crippen LogP contribution < -0.4 is 0 Å². The van der Waals surface area contributed by atoms with Gasteiger partial charge in [-0.1, -0.05) is 0 Å². The van der Waals surface area contributed by atoms with Gasteiger partial charge in [0, 0.05) is 25.5 Å². The van der Waals surface area contributed by atoms with Crippen LogP contribution in [0.15, 0.2) is 0 Å². The van der Waals surface area contributed by atoms with Crippen molar-refractivity contribution in [1.29, 1.82) is 0 Å². The SMILES string of the molecule is CCn1nc(C)c2nc(CCCl)n(C3(C)CCOC3)c21. The normalized spacial score (nSPS) is 23.0. The summed E-state index contributed by atoms with van der Waals surface area (Å²) in [4.78, 5) is 4.80. The minimum Gasteiger partial charge on any atom is -0.379 e. The lowest BCUT2D eigenvalue weighted by atomic mass is 10.0. The second kappa shape index (κ2) is 5.04. The number of fused-ring (bicyclic) bond motifs is 1. The molecule has 1 unspecified atom stereocenters. The molecule has 1 aliphatic rings. The molecule has 0 N–H and O–H groups in total. The van der Waals surface area contributed by atoms with Gasteiger partial charge in [0.25, 0.3) is 0 Å². The first-order valence-electron chi connectivity index (χ1n) is 7.19. The Morgan fingerprint density at radius 1 is 1.45 bits per heavy atom. The zero-order valence-corrected chi connectivity index (χ0v) is 13.1. The number of rotatable bonds is 4. The molecular weight excluding hydrogens is 276 g/mol. The summed E-state index contributed by atoms with van der Waals surface area (Å²) in [6.45, 7) is 8.73. The maximum atomic E-state index is 5.96. The molecule has 2 aromatic heterocycles. The van der Waals surface area contributed by atoms with Crippen LogP contribution in [-0.2, 0) is 23.2 Å². The van der Waals surface area contributed by atoms with E-state index >= 15 is 0 Å². The zero-order chi connectivity index (χ0) is 14.3. The number of hydrogen-bond acceptors (Lipinski definition) is 3. The fourth-order valence-corrected chi connectivity index (χ4v) is 3.25. The van der Waals surface area contributed by atoms with Crippen molar-refractivity contribution in [2.45, 2.75) is 45.7 Å². The fraction of sp³-hybridized carbons (Fsp3) is 0.714. The maximum absolute atomic E-state index is 5.96. The Bertz CT molecular complexity index is 625. The van der Waals surface area contributed by atoms with Gasteiger partial charge in [0.15, 0.2) is 5.65 Å². The Morgan fingerprint density at radius 3 is 2.85 bits per heavy atom. The summed E-state index contributed by atoms with van der Waals surface area (Å²) in [5, 5.41) is 4.59. The minimum atomic E-state index is -0.0461. The van der Waals surface area contributed by atoms with Gasteiger partial charge in [-0.2, -0.15) is 5.10 Å². The van der Waals surface area contributed by atoms with Gasteiger partial charge in [-0.25, -0.2) is 9.67 Å². The van der Waals surface area contributed by atoms with Crippen LogP contribution in [0.5, 0.6) is 0 Å². The molecule has 1 atom stereocenters. The maximum Gasteiger partial charge on any atom is 0.159 e. The van der Waals surface area contributed by atoms with Crippen LogP contribution in [0.25, 0.3) is 11.2 Å². The van der Waals surface area contributed by atoms with E-state index in [9.17, 15) is 0 Å². The van der Waals surface area contributed by atoms with E-state index in [1.54, 1.807) is 0 Å². The lowest BCUT2D eigenvalue weighted by Crippen LogP contribution is -2.33. The predicted octanol–water partition coefficient (Wildman–Crippen LogP) is 2.48. The molecule has 110 valence electrons. The van der Waals surface area contributed by atoms with Crippen molar-refractivity contribution in [3.63, 3.8) is 0 Å². The minimum absolute atomic E-state index is 0.0461. The molecule has 0 aromatic carbocycles. The molecule has 2 aromatic rings. The number of aromatic nitrogens is 4. The Kier molecular flexibility index (Phi) is 3.50. The number of nitrogens with zero attached hydrogens (tertiary/aromatic N) is 4. The van der Waals surface area contributed by atoms with Gasteiger partial charge in [0.1, 0.15) is 11.3 Å². The highest BCUT2D eigenvalue weighted by molar-refractivity contribution is 6.17. The Morgan fingerprint density at radius 2 is 2.25 bits per heavy atom. The van der Waals surface area contributed by atoms with E-state index < -0.39 is 0 Å². The van der Waals surface area contributed by atoms with Crippen molar-refractivity contribution < 1.29 is 4.74 Å². The highest BCUT2D eigenvalue weighted by Gasteiger charge is 2.36. The van der Waals surface area contributed by atoms with Gasteiger partial charge in [0.2, 0.25) is 0 Å². The molecule has 0 saturated carbocycles. The van der Waals surface area contributed by atoms with E-state index in [-0.39, 0.29) is 5.54 Å². The Labute approximate surface area is 123 Å². The summed E-state index contributed by atoms with van der Waals surface area (Å²) >= 11 is 5.96. The molecule has 0 amide bonds. The van der Waals surface area contributed by atoms with Gasteiger partial charge in [-0.3, -0.25) is 0 Å². The molecule has 1 saturated heterocycles. The molecule has 3 rings (SSSR count). The molecule has 20 heavy (non-hydrogen) atoms. The van der Waals surface area contributed by atoms with Crippen LogP contribution in [0.4, 0.5) is 0 Å².